The van der Waals surface area contributed by atoms with Crippen LogP contribution < -0.4 is 10.1 Å². The first-order valence-electron chi connectivity index (χ1n) is 6.88. The molecule has 2 aromatic rings. The number of carboxylic acids is 1. The quantitative estimate of drug-likeness (QED) is 0.902. The third-order valence-corrected chi connectivity index (χ3v) is 3.65. The molecule has 2 N–H and O–H groups in total. The Hall–Kier alpha value is -2.76. The predicted molar refractivity (Wildman–Crippen MR) is 76.9 cm³/mol. The average Bonchev–Trinajstić information content (AvgIpc) is 3.08. The summed E-state index contributed by atoms with van der Waals surface area (Å²) in [6, 6.07) is 8.85. The van der Waals surface area contributed by atoms with Gasteiger partial charge in [0.1, 0.15) is 35.4 Å². The molecule has 0 bridgehead atoms. The molecule has 0 aliphatic carbocycles. The Morgan fingerprint density at radius 3 is 2.86 bits per heavy atom. The highest BCUT2D eigenvalue weighted by Gasteiger charge is 2.30. The minimum atomic E-state index is -1.04. The first-order valence-corrected chi connectivity index (χ1v) is 6.88. The lowest BCUT2D eigenvalue weighted by atomic mass is 10.0. The second kappa shape index (κ2) is 5.55. The summed E-state index contributed by atoms with van der Waals surface area (Å²) in [6.07, 6.45) is 0. The molecule has 6 nitrogen and oxygen atoms in total. The van der Waals surface area contributed by atoms with Gasteiger partial charge in [0.15, 0.2) is 0 Å². The summed E-state index contributed by atoms with van der Waals surface area (Å²) in [5.41, 5.74) is 0.973. The minimum absolute atomic E-state index is 0.110. The number of hydrogen-bond acceptors (Lipinski definition) is 4. The Morgan fingerprint density at radius 2 is 2.14 bits per heavy atom. The third-order valence-electron chi connectivity index (χ3n) is 3.65. The van der Waals surface area contributed by atoms with Gasteiger partial charge in [0.25, 0.3) is 0 Å². The van der Waals surface area contributed by atoms with Crippen LogP contribution in [0.3, 0.4) is 0 Å². The van der Waals surface area contributed by atoms with Gasteiger partial charge in [-0.25, -0.2) is 4.79 Å². The van der Waals surface area contributed by atoms with E-state index in [0.29, 0.717) is 18.1 Å². The predicted octanol–water partition coefficient (Wildman–Crippen LogP) is 2.08. The number of aromatic carboxylic acids is 1. The number of amides is 1. The van der Waals surface area contributed by atoms with Gasteiger partial charge in [-0.2, -0.15) is 0 Å². The lowest BCUT2D eigenvalue weighted by Gasteiger charge is -2.09. The molecule has 1 amide bonds. The summed E-state index contributed by atoms with van der Waals surface area (Å²) < 4.78 is 10.8. The zero-order chi connectivity index (χ0) is 15.7. The van der Waals surface area contributed by atoms with Crippen molar-refractivity contribution in [3.05, 3.63) is 53.0 Å². The van der Waals surface area contributed by atoms with Crippen molar-refractivity contribution in [1.82, 2.24) is 5.32 Å². The molecule has 1 aromatic heterocycles. The highest BCUT2D eigenvalue weighted by atomic mass is 16.5. The molecule has 1 aliphatic heterocycles. The van der Waals surface area contributed by atoms with Gasteiger partial charge in [0.2, 0.25) is 5.91 Å². The van der Waals surface area contributed by atoms with Crippen LogP contribution in [0.2, 0.25) is 0 Å². The van der Waals surface area contributed by atoms with Crippen molar-refractivity contribution >= 4 is 11.9 Å². The van der Waals surface area contributed by atoms with Gasteiger partial charge in [0, 0.05) is 5.56 Å². The van der Waals surface area contributed by atoms with Crippen LogP contribution in [0.5, 0.6) is 5.75 Å². The molecule has 1 aliphatic rings. The molecule has 3 rings (SSSR count). The number of benzene rings is 1. The van der Waals surface area contributed by atoms with Crippen molar-refractivity contribution in [2.75, 3.05) is 6.61 Å². The summed E-state index contributed by atoms with van der Waals surface area (Å²) in [5.74, 6) is -0.106. The lowest BCUT2D eigenvalue weighted by molar-refractivity contribution is -0.123. The second-order valence-corrected chi connectivity index (χ2v) is 5.11. The van der Waals surface area contributed by atoms with Gasteiger partial charge in [-0.05, 0) is 19.1 Å². The third kappa shape index (κ3) is 2.55. The number of furan rings is 1. The van der Waals surface area contributed by atoms with E-state index in [0.717, 1.165) is 11.3 Å². The first kappa shape index (κ1) is 14.2. The average molecular weight is 301 g/mol. The largest absolute Gasteiger partial charge is 0.492 e. The Morgan fingerprint density at radius 1 is 1.36 bits per heavy atom. The van der Waals surface area contributed by atoms with E-state index in [1.165, 1.54) is 6.07 Å². The van der Waals surface area contributed by atoms with Crippen LogP contribution in [-0.4, -0.2) is 23.6 Å². The van der Waals surface area contributed by atoms with Crippen LogP contribution in [0, 0.1) is 6.92 Å². The molecule has 1 aromatic carbocycles. The summed E-state index contributed by atoms with van der Waals surface area (Å²) in [4.78, 5) is 23.2. The van der Waals surface area contributed by atoms with Crippen LogP contribution in [0.1, 0.15) is 33.4 Å². The van der Waals surface area contributed by atoms with Gasteiger partial charge in [-0.3, -0.25) is 4.79 Å². The molecule has 0 unspecified atom stereocenters. The van der Waals surface area contributed by atoms with E-state index < -0.39 is 5.97 Å². The van der Waals surface area contributed by atoms with Crippen molar-refractivity contribution in [3.63, 3.8) is 0 Å². The molecule has 0 saturated carbocycles. The standard InChI is InChI=1S/C16H15NO5/c1-9-12(16(19)20)6-10(22-9)7-17-15(18)13-8-21-14-5-3-2-4-11(13)14/h2-6,13H,7-8H2,1H3,(H,17,18)(H,19,20)/t13-/m0/s1. The number of carboxylic acid groups (broad SMARTS) is 1. The smallest absolute Gasteiger partial charge is 0.339 e. The molecule has 1 atom stereocenters. The Bertz CT molecular complexity index is 734. The molecule has 0 saturated heterocycles. The fourth-order valence-corrected chi connectivity index (χ4v) is 2.52. The van der Waals surface area contributed by atoms with Crippen LogP contribution in [0.25, 0.3) is 0 Å². The fourth-order valence-electron chi connectivity index (χ4n) is 2.52. The highest BCUT2D eigenvalue weighted by Crippen LogP contribution is 2.33. The number of ether oxygens (including phenoxy) is 1. The molecule has 0 fully saturated rings. The maximum atomic E-state index is 12.3. The van der Waals surface area contributed by atoms with Crippen molar-refractivity contribution in [3.8, 4) is 5.75 Å². The summed E-state index contributed by atoms with van der Waals surface area (Å²) in [6.45, 7) is 2.03. The molecule has 0 spiro atoms. The number of carbonyl (C=O) groups is 2. The molecule has 0 radical (unpaired) electrons. The van der Waals surface area contributed by atoms with Crippen LogP contribution in [-0.2, 0) is 11.3 Å². The summed E-state index contributed by atoms with van der Waals surface area (Å²) in [7, 11) is 0. The summed E-state index contributed by atoms with van der Waals surface area (Å²) in [5, 5.41) is 11.7. The van der Waals surface area contributed by atoms with Crippen molar-refractivity contribution < 1.29 is 23.8 Å². The van der Waals surface area contributed by atoms with E-state index in [-0.39, 0.29) is 23.9 Å². The van der Waals surface area contributed by atoms with Crippen molar-refractivity contribution in [2.45, 2.75) is 19.4 Å². The van der Waals surface area contributed by atoms with E-state index >= 15 is 0 Å². The number of rotatable bonds is 4. The zero-order valence-electron chi connectivity index (χ0n) is 12.0. The molecule has 114 valence electrons. The van der Waals surface area contributed by atoms with E-state index in [2.05, 4.69) is 5.32 Å². The van der Waals surface area contributed by atoms with Crippen molar-refractivity contribution in [2.24, 2.45) is 0 Å². The van der Waals surface area contributed by atoms with E-state index in [1.807, 2.05) is 24.3 Å². The number of carbonyl (C=O) groups excluding carboxylic acids is 1. The summed E-state index contributed by atoms with van der Waals surface area (Å²) >= 11 is 0. The molecular weight excluding hydrogens is 286 g/mol. The topological polar surface area (TPSA) is 88.8 Å². The first-order chi connectivity index (χ1) is 10.6. The maximum Gasteiger partial charge on any atom is 0.339 e. The monoisotopic (exact) mass is 301 g/mol. The molecule has 2 heterocycles. The lowest BCUT2D eigenvalue weighted by Crippen LogP contribution is -2.29. The Balaban J connectivity index is 1.66. The van der Waals surface area contributed by atoms with Gasteiger partial charge in [-0.1, -0.05) is 18.2 Å². The van der Waals surface area contributed by atoms with Gasteiger partial charge >= 0.3 is 5.97 Å². The number of fused-ring (bicyclic) bond motifs is 1. The van der Waals surface area contributed by atoms with E-state index in [9.17, 15) is 9.59 Å². The Labute approximate surface area is 126 Å². The maximum absolute atomic E-state index is 12.3. The Kier molecular flexibility index (Phi) is 3.58. The van der Waals surface area contributed by atoms with E-state index in [4.69, 9.17) is 14.3 Å². The highest BCUT2D eigenvalue weighted by molar-refractivity contribution is 5.89. The molecule has 6 heteroatoms. The number of nitrogens with one attached hydrogen (secondary N) is 1. The number of hydrogen-bond donors (Lipinski definition) is 2. The number of aryl methyl sites for hydroxylation is 1. The van der Waals surface area contributed by atoms with Gasteiger partial charge < -0.3 is 19.6 Å². The second-order valence-electron chi connectivity index (χ2n) is 5.11. The normalized spacial score (nSPS) is 16.0. The van der Waals surface area contributed by atoms with Crippen LogP contribution >= 0.6 is 0 Å². The van der Waals surface area contributed by atoms with E-state index in [1.54, 1.807) is 6.92 Å². The van der Waals surface area contributed by atoms with Crippen LogP contribution in [0.15, 0.2) is 34.7 Å². The minimum Gasteiger partial charge on any atom is -0.492 e. The number of para-hydroxylation sites is 1. The van der Waals surface area contributed by atoms with Gasteiger partial charge in [0.05, 0.1) is 6.54 Å². The molecule has 22 heavy (non-hydrogen) atoms. The van der Waals surface area contributed by atoms with Crippen LogP contribution in [0.4, 0.5) is 0 Å². The zero-order valence-corrected chi connectivity index (χ0v) is 12.0. The fraction of sp³-hybridized carbons (Fsp3) is 0.250. The molecular formula is C16H15NO5. The van der Waals surface area contributed by atoms with Crippen molar-refractivity contribution in [1.29, 1.82) is 0 Å². The SMILES string of the molecule is Cc1oc(CNC(=O)[C@H]2COc3ccccc32)cc1C(=O)O. The van der Waals surface area contributed by atoms with Gasteiger partial charge in [-0.15, -0.1) is 0 Å².